The second-order valence-corrected chi connectivity index (χ2v) is 5.55. The lowest BCUT2D eigenvalue weighted by Crippen LogP contribution is -2.38. The Labute approximate surface area is 103 Å². The summed E-state index contributed by atoms with van der Waals surface area (Å²) < 4.78 is 2.02. The molecule has 1 saturated carbocycles. The molecule has 1 aliphatic heterocycles. The highest BCUT2D eigenvalue weighted by Crippen LogP contribution is 2.35. The van der Waals surface area contributed by atoms with E-state index in [-0.39, 0.29) is 0 Å². The van der Waals surface area contributed by atoms with Crippen LogP contribution in [0.3, 0.4) is 0 Å². The van der Waals surface area contributed by atoms with Crippen LogP contribution in [0.25, 0.3) is 0 Å². The van der Waals surface area contributed by atoms with Gasteiger partial charge >= 0.3 is 0 Å². The van der Waals surface area contributed by atoms with Crippen LogP contribution < -0.4 is 5.73 Å². The van der Waals surface area contributed by atoms with Crippen molar-refractivity contribution < 1.29 is 0 Å². The number of nitrogens with two attached hydrogens (primary N) is 1. The summed E-state index contributed by atoms with van der Waals surface area (Å²) in [5.41, 5.74) is 6.23. The minimum atomic E-state index is 0.448. The molecule has 2 aliphatic rings. The van der Waals surface area contributed by atoms with Crippen molar-refractivity contribution in [1.82, 2.24) is 14.7 Å². The summed E-state index contributed by atoms with van der Waals surface area (Å²) in [5, 5.41) is 4.25. The first-order chi connectivity index (χ1) is 8.33. The van der Waals surface area contributed by atoms with E-state index in [0.717, 1.165) is 24.9 Å². The van der Waals surface area contributed by atoms with Crippen molar-refractivity contribution in [1.29, 1.82) is 0 Å². The van der Waals surface area contributed by atoms with E-state index in [2.05, 4.69) is 10.00 Å². The third kappa shape index (κ3) is 2.38. The summed E-state index contributed by atoms with van der Waals surface area (Å²) in [6, 6.07) is 2.43. The first-order valence-corrected chi connectivity index (χ1v) is 6.78. The molecule has 1 saturated heterocycles. The minimum absolute atomic E-state index is 0.448. The number of nitrogens with zero attached hydrogens (tertiary/aromatic N) is 3. The summed E-state index contributed by atoms with van der Waals surface area (Å²) in [6.07, 6.45) is 7.83. The molecule has 3 atom stereocenters. The normalized spacial score (nSPS) is 33.8. The molecule has 2 N–H and O–H groups in total. The van der Waals surface area contributed by atoms with Crippen molar-refractivity contribution in [3.8, 4) is 0 Å². The van der Waals surface area contributed by atoms with Gasteiger partial charge in [-0.25, -0.2) is 0 Å². The van der Waals surface area contributed by atoms with Crippen molar-refractivity contribution >= 4 is 0 Å². The summed E-state index contributed by atoms with van der Waals surface area (Å²) in [4.78, 5) is 2.57. The van der Waals surface area contributed by atoms with E-state index in [1.54, 1.807) is 0 Å². The third-order valence-electron chi connectivity index (χ3n) is 4.43. The molecule has 4 nitrogen and oxygen atoms in total. The topological polar surface area (TPSA) is 47.1 Å². The van der Waals surface area contributed by atoms with E-state index in [9.17, 15) is 0 Å². The molecule has 94 valence electrons. The van der Waals surface area contributed by atoms with Gasteiger partial charge in [-0.2, -0.15) is 5.10 Å². The molecule has 3 unspecified atom stereocenters. The van der Waals surface area contributed by atoms with Gasteiger partial charge in [0.1, 0.15) is 0 Å². The fraction of sp³-hybridized carbons (Fsp3) is 0.769. The zero-order chi connectivity index (χ0) is 11.7. The maximum atomic E-state index is 6.23. The highest BCUT2D eigenvalue weighted by Gasteiger charge is 2.38. The Balaban J connectivity index is 1.53. The predicted molar refractivity (Wildman–Crippen MR) is 67.5 cm³/mol. The second kappa shape index (κ2) is 4.78. The van der Waals surface area contributed by atoms with Gasteiger partial charge in [0, 0.05) is 38.1 Å². The Morgan fingerprint density at radius 1 is 1.24 bits per heavy atom. The molecule has 0 amide bonds. The van der Waals surface area contributed by atoms with Crippen LogP contribution >= 0.6 is 0 Å². The minimum Gasteiger partial charge on any atom is -0.327 e. The molecule has 2 fully saturated rings. The van der Waals surface area contributed by atoms with Crippen molar-refractivity contribution in [3.63, 3.8) is 0 Å². The highest BCUT2D eigenvalue weighted by molar-refractivity contribution is 4.93. The zero-order valence-electron chi connectivity index (χ0n) is 10.3. The van der Waals surface area contributed by atoms with Crippen LogP contribution in [0, 0.1) is 11.8 Å². The molecule has 0 radical (unpaired) electrons. The van der Waals surface area contributed by atoms with Gasteiger partial charge in [-0.15, -0.1) is 0 Å². The Kier molecular flexibility index (Phi) is 3.16. The smallest absolute Gasteiger partial charge is 0.0536 e. The molecule has 0 spiro atoms. The average molecular weight is 234 g/mol. The first-order valence-electron chi connectivity index (χ1n) is 6.78. The molecule has 1 aliphatic carbocycles. The standard InChI is InChI=1S/C13H22N4/c14-13-4-1-3-11-9-16(10-12(11)13)7-8-17-6-2-5-15-17/h2,5-6,11-13H,1,3-4,7-10,14H2. The molecule has 0 aromatic carbocycles. The van der Waals surface area contributed by atoms with Crippen LogP contribution in [0.15, 0.2) is 18.5 Å². The maximum absolute atomic E-state index is 6.23. The highest BCUT2D eigenvalue weighted by atomic mass is 15.3. The number of aromatic nitrogens is 2. The average Bonchev–Trinajstić information content (AvgIpc) is 2.95. The molecule has 0 bridgehead atoms. The van der Waals surface area contributed by atoms with Crippen molar-refractivity contribution in [3.05, 3.63) is 18.5 Å². The molecular formula is C13H22N4. The van der Waals surface area contributed by atoms with Crippen LogP contribution in [0.2, 0.25) is 0 Å². The SMILES string of the molecule is NC1CCCC2CN(CCn3cccn3)CC12. The fourth-order valence-electron chi connectivity index (χ4n) is 3.47. The van der Waals surface area contributed by atoms with Gasteiger partial charge in [0.05, 0.1) is 6.54 Å². The van der Waals surface area contributed by atoms with Crippen LogP contribution in [0.5, 0.6) is 0 Å². The number of rotatable bonds is 3. The van der Waals surface area contributed by atoms with Crippen molar-refractivity contribution in [2.45, 2.75) is 31.8 Å². The first kappa shape index (κ1) is 11.2. The molecular weight excluding hydrogens is 212 g/mol. The summed E-state index contributed by atoms with van der Waals surface area (Å²) in [7, 11) is 0. The molecule has 3 rings (SSSR count). The van der Waals surface area contributed by atoms with Crippen molar-refractivity contribution in [2.24, 2.45) is 17.6 Å². The number of fused-ring (bicyclic) bond motifs is 1. The summed E-state index contributed by atoms with van der Waals surface area (Å²) in [6.45, 7) is 4.57. The molecule has 1 aromatic rings. The predicted octanol–water partition coefficient (Wildman–Crippen LogP) is 0.942. The van der Waals surface area contributed by atoms with Crippen LogP contribution in [-0.4, -0.2) is 40.4 Å². The Bertz CT molecular complexity index is 348. The summed E-state index contributed by atoms with van der Waals surface area (Å²) in [5.74, 6) is 1.61. The lowest BCUT2D eigenvalue weighted by atomic mass is 9.78. The Hall–Kier alpha value is -0.870. The van der Waals surface area contributed by atoms with E-state index in [0.29, 0.717) is 6.04 Å². The fourth-order valence-corrected chi connectivity index (χ4v) is 3.47. The Morgan fingerprint density at radius 3 is 2.94 bits per heavy atom. The van der Waals surface area contributed by atoms with Gasteiger partial charge in [0.15, 0.2) is 0 Å². The van der Waals surface area contributed by atoms with Crippen molar-refractivity contribution in [2.75, 3.05) is 19.6 Å². The second-order valence-electron chi connectivity index (χ2n) is 5.55. The molecule has 2 heterocycles. The number of hydrogen-bond acceptors (Lipinski definition) is 3. The maximum Gasteiger partial charge on any atom is 0.0536 e. The third-order valence-corrected chi connectivity index (χ3v) is 4.43. The van der Waals surface area contributed by atoms with Crippen LogP contribution in [0.1, 0.15) is 19.3 Å². The van der Waals surface area contributed by atoms with Gasteiger partial charge in [-0.3, -0.25) is 4.68 Å². The van der Waals surface area contributed by atoms with Gasteiger partial charge < -0.3 is 10.6 Å². The quantitative estimate of drug-likeness (QED) is 0.847. The number of hydrogen-bond donors (Lipinski definition) is 1. The largest absolute Gasteiger partial charge is 0.327 e. The molecule has 1 aromatic heterocycles. The number of likely N-dealkylation sites (tertiary alicyclic amines) is 1. The molecule has 17 heavy (non-hydrogen) atoms. The van der Waals surface area contributed by atoms with E-state index >= 15 is 0 Å². The lowest BCUT2D eigenvalue weighted by molar-refractivity contribution is 0.259. The monoisotopic (exact) mass is 234 g/mol. The molecule has 4 heteroatoms. The van der Waals surface area contributed by atoms with Crippen LogP contribution in [-0.2, 0) is 6.54 Å². The zero-order valence-corrected chi connectivity index (χ0v) is 10.3. The van der Waals surface area contributed by atoms with Gasteiger partial charge in [0.25, 0.3) is 0 Å². The van der Waals surface area contributed by atoms with E-state index in [4.69, 9.17) is 5.73 Å². The van der Waals surface area contributed by atoms with Gasteiger partial charge in [0.2, 0.25) is 0 Å². The van der Waals surface area contributed by atoms with E-state index in [1.807, 2.05) is 23.1 Å². The summed E-state index contributed by atoms with van der Waals surface area (Å²) >= 11 is 0. The lowest BCUT2D eigenvalue weighted by Gasteiger charge is -2.29. The Morgan fingerprint density at radius 2 is 2.18 bits per heavy atom. The van der Waals surface area contributed by atoms with Gasteiger partial charge in [-0.1, -0.05) is 6.42 Å². The van der Waals surface area contributed by atoms with Gasteiger partial charge in [-0.05, 0) is 30.7 Å². The van der Waals surface area contributed by atoms with E-state index in [1.165, 1.54) is 32.4 Å². The van der Waals surface area contributed by atoms with Crippen LogP contribution in [0.4, 0.5) is 0 Å². The van der Waals surface area contributed by atoms with E-state index < -0.39 is 0 Å².